The topological polar surface area (TPSA) is 26.0 Å². The molecule has 2 rings (SSSR count). The molecule has 0 bridgehead atoms. The Balaban J connectivity index is 2.21. The first-order valence-corrected chi connectivity index (χ1v) is 6.65. The van der Waals surface area contributed by atoms with Crippen molar-refractivity contribution in [2.75, 3.05) is 6.54 Å². The number of hydrogen-bond acceptors (Lipinski definition) is 1. The summed E-state index contributed by atoms with van der Waals surface area (Å²) >= 11 is 6.29. The second-order valence-electron chi connectivity index (χ2n) is 4.75. The summed E-state index contributed by atoms with van der Waals surface area (Å²) in [7, 11) is 0. The minimum absolute atomic E-state index is 0.571. The molecule has 0 amide bonds. The number of halogens is 1. The third-order valence-electron chi connectivity index (χ3n) is 3.75. The molecule has 1 atom stereocenters. The number of nitrogens with two attached hydrogens (primary N) is 1. The van der Waals surface area contributed by atoms with Crippen LogP contribution < -0.4 is 5.73 Å². The molecule has 1 unspecified atom stereocenters. The highest BCUT2D eigenvalue weighted by Gasteiger charge is 2.26. The third-order valence-corrected chi connectivity index (χ3v) is 4.10. The minimum Gasteiger partial charge on any atom is -0.330 e. The molecule has 1 nitrogen and oxygen atoms in total. The van der Waals surface area contributed by atoms with Crippen LogP contribution in [0.4, 0.5) is 0 Å². The van der Waals surface area contributed by atoms with E-state index in [4.69, 9.17) is 17.3 Å². The lowest BCUT2D eigenvalue weighted by molar-refractivity contribution is 0.416. The van der Waals surface area contributed by atoms with E-state index < -0.39 is 0 Å². The maximum Gasteiger partial charge on any atom is 0.0440 e. The number of benzene rings is 1. The fourth-order valence-corrected chi connectivity index (χ4v) is 3.24. The summed E-state index contributed by atoms with van der Waals surface area (Å²) in [5.41, 5.74) is 7.05. The first-order chi connectivity index (χ1) is 7.83. The Labute approximate surface area is 103 Å². The van der Waals surface area contributed by atoms with Gasteiger partial charge in [-0.05, 0) is 49.3 Å². The molecule has 0 heterocycles. The molecule has 1 saturated carbocycles. The molecule has 16 heavy (non-hydrogen) atoms. The van der Waals surface area contributed by atoms with Crippen molar-refractivity contribution in [2.45, 2.75) is 38.0 Å². The zero-order chi connectivity index (χ0) is 11.4. The standard InChI is InChI=1S/C14H20ClN/c15-14-8-4-3-7-13(14)12(9-10-16)11-5-1-2-6-11/h3-4,7-8,11-12H,1-2,5-6,9-10,16H2. The van der Waals surface area contributed by atoms with Crippen LogP contribution in [-0.4, -0.2) is 6.54 Å². The van der Waals surface area contributed by atoms with Gasteiger partial charge in [0.25, 0.3) is 0 Å². The van der Waals surface area contributed by atoms with Crippen molar-refractivity contribution >= 4 is 11.6 Å². The largest absolute Gasteiger partial charge is 0.330 e. The molecule has 2 heteroatoms. The lowest BCUT2D eigenvalue weighted by Crippen LogP contribution is -2.15. The van der Waals surface area contributed by atoms with E-state index in [1.165, 1.54) is 31.2 Å². The molecule has 2 N–H and O–H groups in total. The Morgan fingerprint density at radius 1 is 1.25 bits per heavy atom. The van der Waals surface area contributed by atoms with Crippen molar-refractivity contribution in [2.24, 2.45) is 11.7 Å². The maximum absolute atomic E-state index is 6.29. The highest BCUT2D eigenvalue weighted by molar-refractivity contribution is 6.31. The van der Waals surface area contributed by atoms with Gasteiger partial charge in [-0.3, -0.25) is 0 Å². The summed E-state index contributed by atoms with van der Waals surface area (Å²) in [6, 6.07) is 8.25. The van der Waals surface area contributed by atoms with Crippen molar-refractivity contribution in [1.82, 2.24) is 0 Å². The van der Waals surface area contributed by atoms with E-state index in [2.05, 4.69) is 12.1 Å². The van der Waals surface area contributed by atoms with Crippen molar-refractivity contribution in [3.05, 3.63) is 34.9 Å². The highest BCUT2D eigenvalue weighted by Crippen LogP contribution is 2.41. The fraction of sp³-hybridized carbons (Fsp3) is 0.571. The average molecular weight is 238 g/mol. The van der Waals surface area contributed by atoms with Gasteiger partial charge in [0.1, 0.15) is 0 Å². The summed E-state index contributed by atoms with van der Waals surface area (Å²) in [6.07, 6.45) is 6.49. The van der Waals surface area contributed by atoms with Crippen LogP contribution in [0.1, 0.15) is 43.6 Å². The molecule has 0 aromatic heterocycles. The van der Waals surface area contributed by atoms with Crippen LogP contribution in [0.2, 0.25) is 5.02 Å². The molecule has 0 saturated heterocycles. The smallest absolute Gasteiger partial charge is 0.0440 e. The summed E-state index contributed by atoms with van der Waals surface area (Å²) in [5, 5.41) is 0.910. The van der Waals surface area contributed by atoms with E-state index in [-0.39, 0.29) is 0 Å². The predicted molar refractivity (Wildman–Crippen MR) is 69.8 cm³/mol. The van der Waals surface area contributed by atoms with Crippen LogP contribution in [0.25, 0.3) is 0 Å². The summed E-state index contributed by atoms with van der Waals surface area (Å²) < 4.78 is 0. The fourth-order valence-electron chi connectivity index (χ4n) is 2.96. The highest BCUT2D eigenvalue weighted by atomic mass is 35.5. The predicted octanol–water partition coefficient (Wildman–Crippen LogP) is 3.96. The Morgan fingerprint density at radius 3 is 2.56 bits per heavy atom. The van der Waals surface area contributed by atoms with Crippen LogP contribution in [0.15, 0.2) is 24.3 Å². The maximum atomic E-state index is 6.29. The van der Waals surface area contributed by atoms with Crippen LogP contribution in [0, 0.1) is 5.92 Å². The van der Waals surface area contributed by atoms with E-state index in [0.717, 1.165) is 23.9 Å². The molecule has 0 aliphatic heterocycles. The lowest BCUT2D eigenvalue weighted by atomic mass is 9.82. The first kappa shape index (κ1) is 11.9. The molecule has 0 spiro atoms. The van der Waals surface area contributed by atoms with Crippen molar-refractivity contribution in [3.8, 4) is 0 Å². The van der Waals surface area contributed by atoms with Crippen LogP contribution >= 0.6 is 11.6 Å². The SMILES string of the molecule is NCCC(c1ccccc1Cl)C1CCCC1. The molecule has 1 fully saturated rings. The summed E-state index contributed by atoms with van der Waals surface area (Å²) in [5.74, 6) is 1.37. The van der Waals surface area contributed by atoms with Gasteiger partial charge in [0.2, 0.25) is 0 Å². The molecular formula is C14H20ClN. The van der Waals surface area contributed by atoms with E-state index >= 15 is 0 Å². The van der Waals surface area contributed by atoms with Crippen molar-refractivity contribution in [1.29, 1.82) is 0 Å². The van der Waals surface area contributed by atoms with Gasteiger partial charge in [-0.15, -0.1) is 0 Å². The summed E-state index contributed by atoms with van der Waals surface area (Å²) in [4.78, 5) is 0. The Kier molecular flexibility index (Phi) is 4.25. The molecular weight excluding hydrogens is 218 g/mol. The normalized spacial score (nSPS) is 18.9. The van der Waals surface area contributed by atoms with Crippen molar-refractivity contribution in [3.63, 3.8) is 0 Å². The molecule has 1 aromatic rings. The monoisotopic (exact) mass is 237 g/mol. The van der Waals surface area contributed by atoms with Gasteiger partial charge in [-0.1, -0.05) is 42.6 Å². The molecule has 1 aliphatic rings. The van der Waals surface area contributed by atoms with Crippen molar-refractivity contribution < 1.29 is 0 Å². The van der Waals surface area contributed by atoms with Gasteiger partial charge in [-0.25, -0.2) is 0 Å². The van der Waals surface area contributed by atoms with Gasteiger partial charge in [0.15, 0.2) is 0 Å². The minimum atomic E-state index is 0.571. The van der Waals surface area contributed by atoms with E-state index in [1.807, 2.05) is 12.1 Å². The van der Waals surface area contributed by atoms with Crippen LogP contribution in [-0.2, 0) is 0 Å². The summed E-state index contributed by atoms with van der Waals surface area (Å²) in [6.45, 7) is 0.756. The Morgan fingerprint density at radius 2 is 1.94 bits per heavy atom. The second-order valence-corrected chi connectivity index (χ2v) is 5.16. The third kappa shape index (κ3) is 2.58. The molecule has 0 radical (unpaired) electrons. The quantitative estimate of drug-likeness (QED) is 0.843. The van der Waals surface area contributed by atoms with Gasteiger partial charge in [-0.2, -0.15) is 0 Å². The lowest BCUT2D eigenvalue weighted by Gasteiger charge is -2.24. The van der Waals surface area contributed by atoms with E-state index in [1.54, 1.807) is 0 Å². The zero-order valence-electron chi connectivity index (χ0n) is 9.66. The van der Waals surface area contributed by atoms with Gasteiger partial charge in [0.05, 0.1) is 0 Å². The zero-order valence-corrected chi connectivity index (χ0v) is 10.4. The van der Waals surface area contributed by atoms with E-state index in [0.29, 0.717) is 5.92 Å². The molecule has 88 valence electrons. The van der Waals surface area contributed by atoms with Crippen LogP contribution in [0.3, 0.4) is 0 Å². The van der Waals surface area contributed by atoms with Crippen LogP contribution in [0.5, 0.6) is 0 Å². The van der Waals surface area contributed by atoms with Gasteiger partial charge in [0, 0.05) is 5.02 Å². The second kappa shape index (κ2) is 5.70. The van der Waals surface area contributed by atoms with Gasteiger partial charge < -0.3 is 5.73 Å². The first-order valence-electron chi connectivity index (χ1n) is 6.27. The molecule has 1 aliphatic carbocycles. The van der Waals surface area contributed by atoms with Gasteiger partial charge >= 0.3 is 0 Å². The Bertz CT molecular complexity index is 331. The average Bonchev–Trinajstić information content (AvgIpc) is 2.80. The molecule has 1 aromatic carbocycles. The Hall–Kier alpha value is -0.530. The van der Waals surface area contributed by atoms with E-state index in [9.17, 15) is 0 Å². The number of rotatable bonds is 4. The number of hydrogen-bond donors (Lipinski definition) is 1.